The Bertz CT molecular complexity index is 1120. The average Bonchev–Trinajstić information content (AvgIpc) is 2.69. The summed E-state index contributed by atoms with van der Waals surface area (Å²) < 4.78 is 27.3. The zero-order valence-corrected chi connectivity index (χ0v) is 16.9. The molecular weight excluding hydrogens is 410 g/mol. The van der Waals surface area contributed by atoms with Crippen molar-refractivity contribution in [2.45, 2.75) is 32.1 Å². The Hall–Kier alpha value is -2.99. The molecule has 7 heteroatoms. The predicted molar refractivity (Wildman–Crippen MR) is 111 cm³/mol. The molecule has 4 rings (SSSR count). The summed E-state index contributed by atoms with van der Waals surface area (Å²) >= 11 is 6.45. The monoisotopic (exact) mass is 428 g/mol. The van der Waals surface area contributed by atoms with E-state index in [1.165, 1.54) is 0 Å². The molecule has 1 aliphatic heterocycles. The molecule has 0 saturated carbocycles. The lowest BCUT2D eigenvalue weighted by molar-refractivity contribution is -0.116. The van der Waals surface area contributed by atoms with Gasteiger partial charge in [-0.3, -0.25) is 9.59 Å². The van der Waals surface area contributed by atoms with Gasteiger partial charge in [0.25, 0.3) is 5.91 Å². The van der Waals surface area contributed by atoms with Gasteiger partial charge < -0.3 is 10.6 Å². The fraction of sp³-hybridized carbons (Fsp3) is 0.217. The van der Waals surface area contributed by atoms with Gasteiger partial charge in [-0.1, -0.05) is 29.8 Å². The van der Waals surface area contributed by atoms with Crippen LogP contribution in [0, 0.1) is 11.6 Å². The Balaban J connectivity index is 1.81. The van der Waals surface area contributed by atoms with Crippen LogP contribution in [-0.4, -0.2) is 11.7 Å². The summed E-state index contributed by atoms with van der Waals surface area (Å²) in [6.07, 6.45) is 1.82. The van der Waals surface area contributed by atoms with E-state index >= 15 is 0 Å². The van der Waals surface area contributed by atoms with E-state index in [1.54, 1.807) is 31.2 Å². The molecule has 0 bridgehead atoms. The van der Waals surface area contributed by atoms with Crippen LogP contribution in [0.5, 0.6) is 0 Å². The normalized spacial score (nSPS) is 18.8. The van der Waals surface area contributed by atoms with Crippen LogP contribution in [-0.2, 0) is 9.59 Å². The van der Waals surface area contributed by atoms with Gasteiger partial charge >= 0.3 is 0 Å². The standard InChI is InChI=1S/C23H19ClF2N2O2/c1-12-20(23(30)28-17-10-9-13(25)11-16(17)26)21(14-5-2-3-6-15(14)24)22-18(27-12)7-4-8-19(22)29/h2-3,5-6,9-11,21,27H,4,7-8H2,1H3,(H,28,30). The number of halogens is 3. The fourth-order valence-corrected chi connectivity index (χ4v) is 4.33. The van der Waals surface area contributed by atoms with Crippen molar-refractivity contribution in [2.75, 3.05) is 5.32 Å². The van der Waals surface area contributed by atoms with E-state index in [2.05, 4.69) is 10.6 Å². The molecular formula is C23H19ClF2N2O2. The maximum Gasteiger partial charge on any atom is 0.254 e. The topological polar surface area (TPSA) is 58.2 Å². The first kappa shape index (κ1) is 20.3. The lowest BCUT2D eigenvalue weighted by Crippen LogP contribution is -2.35. The first-order valence-corrected chi connectivity index (χ1v) is 9.99. The Morgan fingerprint density at radius 1 is 1.17 bits per heavy atom. The molecule has 2 aliphatic rings. The molecule has 30 heavy (non-hydrogen) atoms. The van der Waals surface area contributed by atoms with E-state index in [0.29, 0.717) is 40.8 Å². The van der Waals surface area contributed by atoms with Crippen molar-refractivity contribution in [2.24, 2.45) is 0 Å². The second kappa shape index (κ2) is 8.03. The maximum atomic E-state index is 14.1. The molecule has 1 atom stereocenters. The van der Waals surface area contributed by atoms with E-state index in [-0.39, 0.29) is 17.0 Å². The predicted octanol–water partition coefficient (Wildman–Crippen LogP) is 5.22. The number of carbonyl (C=O) groups is 2. The van der Waals surface area contributed by atoms with Crippen LogP contribution in [0.1, 0.15) is 37.7 Å². The summed E-state index contributed by atoms with van der Waals surface area (Å²) in [6, 6.07) is 9.98. The smallest absolute Gasteiger partial charge is 0.254 e. The van der Waals surface area contributed by atoms with E-state index in [0.717, 1.165) is 24.3 Å². The summed E-state index contributed by atoms with van der Waals surface area (Å²) in [5.41, 5.74) is 2.64. The molecule has 0 saturated heterocycles. The number of carbonyl (C=O) groups excluding carboxylic acids is 2. The molecule has 2 aromatic rings. The second-order valence-corrected chi connectivity index (χ2v) is 7.77. The summed E-state index contributed by atoms with van der Waals surface area (Å²) in [4.78, 5) is 26.1. The molecule has 0 spiro atoms. The highest BCUT2D eigenvalue weighted by Crippen LogP contribution is 2.44. The number of hydrogen-bond donors (Lipinski definition) is 2. The summed E-state index contributed by atoms with van der Waals surface area (Å²) in [5.74, 6) is -2.92. The van der Waals surface area contributed by atoms with Gasteiger partial charge in [-0.15, -0.1) is 0 Å². The number of anilines is 1. The molecule has 154 valence electrons. The Labute approximate surface area is 177 Å². The third-order valence-corrected chi connectivity index (χ3v) is 5.76. The van der Waals surface area contributed by atoms with E-state index in [1.807, 2.05) is 0 Å². The first-order valence-electron chi connectivity index (χ1n) is 9.61. The average molecular weight is 429 g/mol. The largest absolute Gasteiger partial charge is 0.362 e. The molecule has 1 amide bonds. The van der Waals surface area contributed by atoms with Gasteiger partial charge in [0.2, 0.25) is 0 Å². The quantitative estimate of drug-likeness (QED) is 0.704. The van der Waals surface area contributed by atoms with Crippen molar-refractivity contribution in [3.63, 3.8) is 0 Å². The van der Waals surface area contributed by atoms with E-state index in [4.69, 9.17) is 11.6 Å². The molecule has 0 aromatic heterocycles. The highest BCUT2D eigenvalue weighted by atomic mass is 35.5. The maximum absolute atomic E-state index is 14.1. The number of amides is 1. The Morgan fingerprint density at radius 2 is 1.93 bits per heavy atom. The van der Waals surface area contributed by atoms with Crippen LogP contribution in [0.3, 0.4) is 0 Å². The number of Topliss-reactive ketones (excluding diaryl/α,β-unsaturated/α-hetero) is 1. The molecule has 1 heterocycles. The summed E-state index contributed by atoms with van der Waals surface area (Å²) in [6.45, 7) is 1.74. The van der Waals surface area contributed by atoms with E-state index < -0.39 is 23.5 Å². The first-order chi connectivity index (χ1) is 14.4. The molecule has 1 aliphatic carbocycles. The minimum Gasteiger partial charge on any atom is -0.362 e. The van der Waals surface area contributed by atoms with Crippen LogP contribution in [0.2, 0.25) is 5.02 Å². The number of allylic oxidation sites excluding steroid dienone is 3. The van der Waals surface area contributed by atoms with Crippen LogP contribution >= 0.6 is 11.6 Å². The van der Waals surface area contributed by atoms with E-state index in [9.17, 15) is 18.4 Å². The molecule has 0 fully saturated rings. The third kappa shape index (κ3) is 3.63. The molecule has 2 N–H and O–H groups in total. The lowest BCUT2D eigenvalue weighted by Gasteiger charge is -2.34. The zero-order valence-electron chi connectivity index (χ0n) is 16.2. The van der Waals surface area contributed by atoms with Gasteiger partial charge in [0, 0.05) is 46.0 Å². The number of ketones is 1. The SMILES string of the molecule is CC1=C(C(=O)Nc2ccc(F)cc2F)C(c2ccccc2Cl)C2=C(CCCC2=O)N1. The van der Waals surface area contributed by atoms with Gasteiger partial charge in [-0.05, 0) is 43.5 Å². The number of dihydropyridines is 1. The van der Waals surface area contributed by atoms with Crippen LogP contribution in [0.15, 0.2) is 65.0 Å². The number of hydrogen-bond acceptors (Lipinski definition) is 3. The van der Waals surface area contributed by atoms with Crippen LogP contribution in [0.4, 0.5) is 14.5 Å². The van der Waals surface area contributed by atoms with Gasteiger partial charge in [0.05, 0.1) is 5.69 Å². The highest BCUT2D eigenvalue weighted by molar-refractivity contribution is 6.31. The van der Waals surface area contributed by atoms with Gasteiger partial charge in [-0.2, -0.15) is 0 Å². The van der Waals surface area contributed by atoms with Crippen molar-refractivity contribution in [1.82, 2.24) is 5.32 Å². The molecule has 4 nitrogen and oxygen atoms in total. The van der Waals surface area contributed by atoms with Crippen molar-refractivity contribution in [1.29, 1.82) is 0 Å². The number of nitrogens with one attached hydrogen (secondary N) is 2. The molecule has 0 radical (unpaired) electrons. The lowest BCUT2D eigenvalue weighted by atomic mass is 9.75. The number of rotatable bonds is 3. The second-order valence-electron chi connectivity index (χ2n) is 7.37. The van der Waals surface area contributed by atoms with Gasteiger partial charge in [0.1, 0.15) is 11.6 Å². The fourth-order valence-electron chi connectivity index (χ4n) is 4.09. The Morgan fingerprint density at radius 3 is 2.67 bits per heavy atom. The molecule has 1 unspecified atom stereocenters. The third-order valence-electron chi connectivity index (χ3n) is 5.42. The van der Waals surface area contributed by atoms with Crippen molar-refractivity contribution in [3.8, 4) is 0 Å². The van der Waals surface area contributed by atoms with Gasteiger partial charge in [-0.25, -0.2) is 8.78 Å². The Kier molecular flexibility index (Phi) is 5.43. The minimum absolute atomic E-state index is 0.0422. The summed E-state index contributed by atoms with van der Waals surface area (Å²) in [7, 11) is 0. The minimum atomic E-state index is -0.881. The van der Waals surface area contributed by atoms with Crippen LogP contribution < -0.4 is 10.6 Å². The van der Waals surface area contributed by atoms with Crippen molar-refractivity contribution in [3.05, 3.63) is 87.2 Å². The zero-order chi connectivity index (χ0) is 21.4. The van der Waals surface area contributed by atoms with Gasteiger partial charge in [0.15, 0.2) is 5.78 Å². The van der Waals surface area contributed by atoms with Crippen LogP contribution in [0.25, 0.3) is 0 Å². The van der Waals surface area contributed by atoms with Crippen molar-refractivity contribution >= 4 is 29.0 Å². The molecule has 2 aromatic carbocycles. The highest BCUT2D eigenvalue weighted by Gasteiger charge is 2.39. The summed E-state index contributed by atoms with van der Waals surface area (Å²) in [5, 5.41) is 6.13. The number of benzene rings is 2. The van der Waals surface area contributed by atoms with Crippen molar-refractivity contribution < 1.29 is 18.4 Å².